The Morgan fingerprint density at radius 3 is 2.10 bits per heavy atom. The minimum absolute atomic E-state index is 0.298. The Morgan fingerprint density at radius 1 is 0.966 bits per heavy atom. The second kappa shape index (κ2) is 9.99. The molecule has 0 saturated carbocycles. The zero-order chi connectivity index (χ0) is 21.6. The molecule has 2 N–H and O–H groups in total. The van der Waals surface area contributed by atoms with E-state index in [9.17, 15) is 24.3 Å². The van der Waals surface area contributed by atoms with Gasteiger partial charge in [0, 0.05) is 26.3 Å². The quantitative estimate of drug-likeness (QED) is 0.488. The summed E-state index contributed by atoms with van der Waals surface area (Å²) in [6.45, 7) is 3.08. The topological polar surface area (TPSA) is 137 Å². The van der Waals surface area contributed by atoms with Gasteiger partial charge in [-0.15, -0.1) is 0 Å². The Bertz CT molecular complexity index is 751. The van der Waals surface area contributed by atoms with Crippen molar-refractivity contribution in [3.63, 3.8) is 0 Å². The van der Waals surface area contributed by atoms with Crippen LogP contribution in [0.4, 0.5) is 0 Å². The van der Waals surface area contributed by atoms with E-state index >= 15 is 0 Å². The first-order valence-electron chi connectivity index (χ1n) is 8.86. The Hall–Kier alpha value is -2.98. The van der Waals surface area contributed by atoms with E-state index in [1.54, 1.807) is 30.3 Å². The molecule has 2 rings (SSSR count). The van der Waals surface area contributed by atoms with E-state index in [1.807, 2.05) is 0 Å². The molecule has 29 heavy (non-hydrogen) atoms. The summed E-state index contributed by atoms with van der Waals surface area (Å²) in [6, 6.07) is 6.91. The maximum atomic E-state index is 12.5. The normalized spacial score (nSPS) is 26.1. The molecule has 1 amide bonds. The first-order chi connectivity index (χ1) is 13.7. The van der Waals surface area contributed by atoms with Gasteiger partial charge in [-0.2, -0.15) is 0 Å². The van der Waals surface area contributed by atoms with Crippen LogP contribution < -0.4 is 5.32 Å². The van der Waals surface area contributed by atoms with Crippen LogP contribution in [0.25, 0.3) is 0 Å². The molecule has 0 aliphatic carbocycles. The van der Waals surface area contributed by atoms with Crippen molar-refractivity contribution in [2.75, 3.05) is 6.61 Å². The van der Waals surface area contributed by atoms with Gasteiger partial charge in [-0.3, -0.25) is 19.2 Å². The molecule has 1 fully saturated rings. The van der Waals surface area contributed by atoms with Gasteiger partial charge in [-0.1, -0.05) is 18.2 Å². The van der Waals surface area contributed by atoms with E-state index in [4.69, 9.17) is 18.9 Å². The molecule has 158 valence electrons. The lowest BCUT2D eigenvalue weighted by atomic mass is 9.96. The molecule has 0 spiro atoms. The highest BCUT2D eigenvalue weighted by Gasteiger charge is 2.50. The summed E-state index contributed by atoms with van der Waals surface area (Å²) in [7, 11) is 0. The largest absolute Gasteiger partial charge is 0.463 e. The highest BCUT2D eigenvalue weighted by molar-refractivity contribution is 5.94. The van der Waals surface area contributed by atoms with E-state index in [0.717, 1.165) is 13.8 Å². The second-order valence-corrected chi connectivity index (χ2v) is 6.38. The summed E-state index contributed by atoms with van der Waals surface area (Å²) in [5.41, 5.74) is 0.298. The van der Waals surface area contributed by atoms with Crippen molar-refractivity contribution in [2.45, 2.75) is 51.4 Å². The molecule has 10 nitrogen and oxygen atoms in total. The van der Waals surface area contributed by atoms with Crippen LogP contribution >= 0.6 is 0 Å². The number of carbonyl (C=O) groups excluding carboxylic acids is 4. The van der Waals surface area contributed by atoms with Crippen molar-refractivity contribution in [1.29, 1.82) is 0 Å². The highest BCUT2D eigenvalue weighted by atomic mass is 16.7. The number of hydrogen-bond donors (Lipinski definition) is 2. The summed E-state index contributed by atoms with van der Waals surface area (Å²) < 4.78 is 20.8. The molecular weight excluding hydrogens is 386 g/mol. The van der Waals surface area contributed by atoms with Crippen LogP contribution in [0.5, 0.6) is 0 Å². The zero-order valence-corrected chi connectivity index (χ0v) is 16.2. The van der Waals surface area contributed by atoms with Crippen LogP contribution in [-0.4, -0.2) is 66.2 Å². The molecule has 1 aromatic rings. The third kappa shape index (κ3) is 6.26. The number of benzene rings is 1. The molecule has 1 aliphatic heterocycles. The Balaban J connectivity index is 2.30. The van der Waals surface area contributed by atoms with Crippen molar-refractivity contribution in [1.82, 2.24) is 5.32 Å². The summed E-state index contributed by atoms with van der Waals surface area (Å²) in [6.07, 6.45) is -5.26. The van der Waals surface area contributed by atoms with Gasteiger partial charge < -0.3 is 29.4 Å². The fraction of sp³-hybridized carbons (Fsp3) is 0.474. The smallest absolute Gasteiger partial charge is 0.303 e. The minimum Gasteiger partial charge on any atom is -0.463 e. The predicted octanol–water partition coefficient (Wildman–Crippen LogP) is -0.0713. The van der Waals surface area contributed by atoms with Crippen molar-refractivity contribution in [3.05, 3.63) is 35.9 Å². The monoisotopic (exact) mass is 409 g/mol. The lowest BCUT2D eigenvalue weighted by Gasteiger charge is -2.43. The van der Waals surface area contributed by atoms with Crippen molar-refractivity contribution < 1.29 is 43.2 Å². The molecule has 0 aromatic heterocycles. The molecular formula is C19H23NO9. The first-order valence-corrected chi connectivity index (χ1v) is 8.86. The van der Waals surface area contributed by atoms with Crippen LogP contribution in [0.3, 0.4) is 0 Å². The number of hydrogen-bond acceptors (Lipinski definition) is 9. The minimum atomic E-state index is -1.63. The van der Waals surface area contributed by atoms with Gasteiger partial charge in [0.2, 0.25) is 0 Å². The SMILES string of the molecule is CC(=O)OC[C@@H]1O[C@@H](O)[C@@H](NC(=O)c2ccccc2)[C@@H](OC(C)=O)[C@H]1OC(C)=O. The lowest BCUT2D eigenvalue weighted by molar-refractivity contribution is -0.263. The van der Waals surface area contributed by atoms with Gasteiger partial charge in [0.25, 0.3) is 5.91 Å². The van der Waals surface area contributed by atoms with E-state index in [0.29, 0.717) is 5.56 Å². The van der Waals surface area contributed by atoms with Crippen LogP contribution in [0.2, 0.25) is 0 Å². The standard InChI is InChI=1S/C19H23NO9/c1-10(21)26-9-14-16(27-11(2)22)17(28-12(3)23)15(19(25)29-14)20-18(24)13-7-5-4-6-8-13/h4-8,14-17,19,25H,9H2,1-3H3,(H,20,24)/t14-,15-,16-,17+,19+/m0/s1. The van der Waals surface area contributed by atoms with E-state index < -0.39 is 54.5 Å². The van der Waals surface area contributed by atoms with Crippen LogP contribution in [0, 0.1) is 0 Å². The molecule has 10 heteroatoms. The molecule has 5 atom stereocenters. The number of aliphatic hydroxyl groups is 1. The summed E-state index contributed by atoms with van der Waals surface area (Å²) >= 11 is 0. The average molecular weight is 409 g/mol. The average Bonchev–Trinajstić information content (AvgIpc) is 2.65. The number of rotatable bonds is 6. The van der Waals surface area contributed by atoms with Gasteiger partial charge in [0.15, 0.2) is 18.5 Å². The van der Waals surface area contributed by atoms with Gasteiger partial charge in [-0.05, 0) is 12.1 Å². The van der Waals surface area contributed by atoms with Gasteiger partial charge >= 0.3 is 17.9 Å². The van der Waals surface area contributed by atoms with Crippen molar-refractivity contribution in [3.8, 4) is 0 Å². The van der Waals surface area contributed by atoms with E-state index in [1.165, 1.54) is 6.92 Å². The molecule has 0 radical (unpaired) electrons. The van der Waals surface area contributed by atoms with Crippen molar-refractivity contribution in [2.24, 2.45) is 0 Å². The highest BCUT2D eigenvalue weighted by Crippen LogP contribution is 2.26. The number of nitrogens with one attached hydrogen (secondary N) is 1. The molecule has 1 saturated heterocycles. The van der Waals surface area contributed by atoms with E-state index in [2.05, 4.69) is 5.32 Å². The third-order valence-corrected chi connectivity index (χ3v) is 4.05. The Morgan fingerprint density at radius 2 is 1.55 bits per heavy atom. The molecule has 1 aliphatic rings. The number of ether oxygens (including phenoxy) is 4. The van der Waals surface area contributed by atoms with E-state index in [-0.39, 0.29) is 6.61 Å². The maximum absolute atomic E-state index is 12.5. The second-order valence-electron chi connectivity index (χ2n) is 6.38. The fourth-order valence-corrected chi connectivity index (χ4v) is 2.90. The predicted molar refractivity (Wildman–Crippen MR) is 96.3 cm³/mol. The molecule has 0 unspecified atom stereocenters. The molecule has 0 bridgehead atoms. The summed E-state index contributed by atoms with van der Waals surface area (Å²) in [5, 5.41) is 13.0. The Labute approximate surface area is 167 Å². The van der Waals surface area contributed by atoms with Gasteiger partial charge in [0.05, 0.1) is 0 Å². The van der Waals surface area contributed by atoms with Crippen LogP contribution in [0.1, 0.15) is 31.1 Å². The summed E-state index contributed by atoms with van der Waals surface area (Å²) in [5.74, 6) is -2.62. The number of amides is 1. The molecule has 1 aromatic carbocycles. The van der Waals surface area contributed by atoms with Crippen LogP contribution in [-0.2, 0) is 33.3 Å². The molecule has 1 heterocycles. The lowest BCUT2D eigenvalue weighted by Crippen LogP contribution is -2.66. The number of esters is 3. The van der Waals surface area contributed by atoms with Crippen molar-refractivity contribution >= 4 is 23.8 Å². The van der Waals surface area contributed by atoms with Crippen LogP contribution in [0.15, 0.2) is 30.3 Å². The fourth-order valence-electron chi connectivity index (χ4n) is 2.90. The van der Waals surface area contributed by atoms with Gasteiger partial charge in [0.1, 0.15) is 18.8 Å². The zero-order valence-electron chi connectivity index (χ0n) is 16.2. The Kier molecular flexibility index (Phi) is 7.68. The first kappa shape index (κ1) is 22.3. The maximum Gasteiger partial charge on any atom is 0.303 e. The van der Waals surface area contributed by atoms with Gasteiger partial charge in [-0.25, -0.2) is 0 Å². The number of carbonyl (C=O) groups is 4. The third-order valence-electron chi connectivity index (χ3n) is 4.05. The number of aliphatic hydroxyl groups excluding tert-OH is 1. The summed E-state index contributed by atoms with van der Waals surface area (Å²) in [4.78, 5) is 46.9.